The smallest absolute Gasteiger partial charge is 0.448 e. The third-order valence-corrected chi connectivity index (χ3v) is 4.56. The highest BCUT2D eigenvalue weighted by Gasteiger charge is 2.39. The lowest BCUT2D eigenvalue weighted by atomic mass is 10.2. The van der Waals surface area contributed by atoms with Crippen molar-refractivity contribution in [3.05, 3.63) is 17.2 Å². The second kappa shape index (κ2) is 9.22. The van der Waals surface area contributed by atoms with Crippen molar-refractivity contribution >= 4 is 46.8 Å². The predicted octanol–water partition coefficient (Wildman–Crippen LogP) is 2.34. The van der Waals surface area contributed by atoms with Crippen molar-refractivity contribution < 1.29 is 47.4 Å². The van der Waals surface area contributed by atoms with E-state index in [1.807, 2.05) is 0 Å². The molecule has 1 aliphatic rings. The zero-order valence-corrected chi connectivity index (χ0v) is 17.7. The first-order chi connectivity index (χ1) is 16.5. The van der Waals surface area contributed by atoms with Gasteiger partial charge in [-0.15, -0.1) is 0 Å². The van der Waals surface area contributed by atoms with E-state index in [1.165, 1.54) is 0 Å². The summed E-state index contributed by atoms with van der Waals surface area (Å²) in [7, 11) is 0. The number of nitrogens with zero attached hydrogens (tertiary/aromatic N) is 7. The summed E-state index contributed by atoms with van der Waals surface area (Å²) in [6.45, 7) is 1.43. The summed E-state index contributed by atoms with van der Waals surface area (Å²) in [6, 6.07) is 0. The molecule has 3 aromatic rings. The van der Waals surface area contributed by atoms with E-state index in [4.69, 9.17) is 26.6 Å². The monoisotopic (exact) mass is 520 g/mol. The molecule has 0 radical (unpaired) electrons. The average molecular weight is 521 g/mol. The molecule has 0 spiro atoms. The molecule has 1 aliphatic heterocycles. The molecule has 3 aromatic heterocycles. The maximum absolute atomic E-state index is 13.9. The first kappa shape index (κ1) is 24.0. The molecule has 0 amide bonds. The Hall–Kier alpha value is -4.19. The molecule has 0 unspecified atom stereocenters. The number of anilines is 2. The number of carbonyl (C=O) groups is 2. The number of H-pyrrole nitrogens is 1. The summed E-state index contributed by atoms with van der Waals surface area (Å²) < 4.78 is 47.1. The van der Waals surface area contributed by atoms with Crippen LogP contribution in [0.3, 0.4) is 0 Å². The molecule has 4 heterocycles. The van der Waals surface area contributed by atoms with E-state index in [0.29, 0.717) is 32.5 Å². The van der Waals surface area contributed by atoms with Gasteiger partial charge in [0.25, 0.3) is 0 Å². The number of carboxylic acid groups (broad SMARTS) is 2. The quantitative estimate of drug-likeness (QED) is 0.328. The van der Waals surface area contributed by atoms with Crippen LogP contribution in [-0.2, 0) is 20.6 Å². The maximum Gasteiger partial charge on any atom is 0.533 e. The Balaban J connectivity index is 1.86. The molecule has 4 rings (SSSR count). The van der Waals surface area contributed by atoms with E-state index in [0.717, 1.165) is 0 Å². The van der Waals surface area contributed by atoms with Crippen molar-refractivity contribution in [2.24, 2.45) is 0 Å². The van der Waals surface area contributed by atoms with Crippen LogP contribution in [0.2, 0.25) is 5.28 Å². The Morgan fingerprint density at radius 1 is 1.11 bits per heavy atom. The highest BCUT2D eigenvalue weighted by atomic mass is 35.5. The van der Waals surface area contributed by atoms with E-state index >= 15 is 0 Å². The summed E-state index contributed by atoms with van der Waals surface area (Å²) in [6.07, 6.45) is -8.75. The number of fused-ring (bicyclic) bond motifs is 1. The highest BCUT2D eigenvalue weighted by Crippen LogP contribution is 2.37. The Labute approximate surface area is 196 Å². The van der Waals surface area contributed by atoms with Crippen molar-refractivity contribution in [1.82, 2.24) is 29.9 Å². The van der Waals surface area contributed by atoms with Gasteiger partial charge in [-0.1, -0.05) is 0 Å². The van der Waals surface area contributed by atoms with Gasteiger partial charge in [0, 0.05) is 24.5 Å². The average Bonchev–Trinajstić information content (AvgIpc) is 3.17. The second-order valence-electron chi connectivity index (χ2n) is 6.60. The number of morpholine rings is 1. The number of halogens is 4. The summed E-state index contributed by atoms with van der Waals surface area (Å²) in [4.78, 5) is 53.0. The van der Waals surface area contributed by atoms with Crippen molar-refractivity contribution in [2.75, 3.05) is 36.4 Å². The molecule has 1 fully saturated rings. The Morgan fingerprint density at radius 3 is 2.37 bits per heavy atom. The molecule has 15 nitrogen and oxygen atoms in total. The van der Waals surface area contributed by atoms with Gasteiger partial charge >= 0.3 is 24.4 Å². The highest BCUT2D eigenvalue weighted by molar-refractivity contribution is 6.29. The summed E-state index contributed by atoms with van der Waals surface area (Å²) in [5.41, 5.74) is -2.11. The zero-order valence-electron chi connectivity index (χ0n) is 17.0. The van der Waals surface area contributed by atoms with E-state index in [1.54, 1.807) is 4.90 Å². The molecule has 35 heavy (non-hydrogen) atoms. The molecule has 19 heteroatoms. The Morgan fingerprint density at radius 2 is 1.77 bits per heavy atom. The van der Waals surface area contributed by atoms with Gasteiger partial charge in [-0.05, 0) is 11.6 Å². The van der Waals surface area contributed by atoms with Gasteiger partial charge < -0.3 is 24.8 Å². The van der Waals surface area contributed by atoms with Gasteiger partial charge in [-0.3, -0.25) is 9.68 Å². The molecule has 0 atom stereocenters. The van der Waals surface area contributed by atoms with Crippen molar-refractivity contribution in [2.45, 2.75) is 6.18 Å². The first-order valence-electron chi connectivity index (χ1n) is 9.35. The van der Waals surface area contributed by atoms with Gasteiger partial charge in [-0.25, -0.2) is 29.5 Å². The first-order valence-corrected chi connectivity index (χ1v) is 9.73. The number of hydrogen-bond donors (Lipinski definition) is 3. The second-order valence-corrected chi connectivity index (χ2v) is 6.96. The Bertz CT molecular complexity index is 1270. The summed E-state index contributed by atoms with van der Waals surface area (Å²) >= 11 is 5.92. The van der Waals surface area contributed by atoms with Gasteiger partial charge in [0.05, 0.1) is 18.8 Å². The third kappa shape index (κ3) is 5.17. The largest absolute Gasteiger partial charge is 0.533 e. The van der Waals surface area contributed by atoms with E-state index < -0.39 is 46.7 Å². The molecule has 0 saturated carbocycles. The maximum atomic E-state index is 13.9. The molecule has 0 bridgehead atoms. The van der Waals surface area contributed by atoms with Crippen LogP contribution < -0.4 is 10.1 Å². The minimum absolute atomic E-state index is 0.0382. The topological polar surface area (TPSA) is 189 Å². The van der Waals surface area contributed by atoms with Crippen molar-refractivity contribution in [3.63, 3.8) is 0 Å². The molecular formula is C16H12ClF3N8O7. The fourth-order valence-corrected chi connectivity index (χ4v) is 3.24. The fourth-order valence-electron chi connectivity index (χ4n) is 3.06. The number of hydrogen-bond acceptors (Lipinski definition) is 12. The van der Waals surface area contributed by atoms with Crippen molar-refractivity contribution in [1.29, 1.82) is 0 Å². The van der Waals surface area contributed by atoms with Crippen LogP contribution in [0.25, 0.3) is 22.6 Å². The van der Waals surface area contributed by atoms with Gasteiger partial charge in [-0.2, -0.15) is 18.2 Å². The third-order valence-electron chi connectivity index (χ3n) is 4.38. The van der Waals surface area contributed by atoms with Crippen LogP contribution in [0.5, 0.6) is 0 Å². The van der Waals surface area contributed by atoms with Crippen molar-refractivity contribution in [3.8, 4) is 11.4 Å². The van der Waals surface area contributed by atoms with E-state index in [9.17, 15) is 22.8 Å². The Kier molecular flexibility index (Phi) is 6.31. The molecule has 0 aromatic carbocycles. The fraction of sp³-hybridized carbons (Fsp3) is 0.312. The number of rotatable bonds is 5. The van der Waals surface area contributed by atoms with E-state index in [-0.39, 0.29) is 22.3 Å². The number of imidazole rings is 1. The lowest BCUT2D eigenvalue weighted by Crippen LogP contribution is -2.37. The lowest BCUT2D eigenvalue weighted by Gasteiger charge is -2.28. The van der Waals surface area contributed by atoms with Gasteiger partial charge in [0.1, 0.15) is 5.52 Å². The number of nitrogens with one attached hydrogen (secondary N) is 1. The molecule has 186 valence electrons. The van der Waals surface area contributed by atoms with E-state index in [2.05, 4.69) is 39.6 Å². The molecule has 0 aliphatic carbocycles. The lowest BCUT2D eigenvalue weighted by molar-refractivity contribution is -0.140. The van der Waals surface area contributed by atoms with Crippen LogP contribution in [-0.4, -0.2) is 78.7 Å². The summed E-state index contributed by atoms with van der Waals surface area (Å²) in [5.74, 6) is -1.45. The van der Waals surface area contributed by atoms with Crippen LogP contribution in [0.15, 0.2) is 6.20 Å². The van der Waals surface area contributed by atoms with Crippen LogP contribution in [0.4, 0.5) is 34.5 Å². The number of ether oxygens (including phenoxy) is 1. The number of aromatic nitrogens is 6. The normalized spacial score (nSPS) is 14.1. The predicted molar refractivity (Wildman–Crippen MR) is 106 cm³/mol. The SMILES string of the molecule is O=C(O)ON(OC(=O)O)c1ncc(-c2nc(N3CCOCC3)c3[nH]c(Cl)nc3n2)c(C(F)(F)F)n1. The molecule has 3 N–H and O–H groups in total. The standard InChI is InChI=1S/C16H12ClF3N8O7/c17-12-22-7-10(26-12)24-9(25-11(7)27-1-3-33-4-2-27)6-5-21-13(23-8(6)16(18,19)20)28(34-14(29)30)35-15(31)32/h5H,1-4H2,(H,29,30)(H,31,32)(H,22,24,25,26). The minimum Gasteiger partial charge on any atom is -0.448 e. The minimum atomic E-state index is -5.15. The van der Waals surface area contributed by atoms with Crippen LogP contribution >= 0.6 is 11.6 Å². The van der Waals surface area contributed by atoms with Gasteiger partial charge in [0.2, 0.25) is 5.28 Å². The van der Waals surface area contributed by atoms with Gasteiger partial charge in [0.15, 0.2) is 23.0 Å². The van der Waals surface area contributed by atoms with Crippen LogP contribution in [0.1, 0.15) is 5.69 Å². The van der Waals surface area contributed by atoms with Crippen LogP contribution in [0, 0.1) is 0 Å². The number of alkyl halides is 3. The number of aromatic amines is 1. The summed E-state index contributed by atoms with van der Waals surface area (Å²) in [5, 5.41) is 16.9. The molecule has 1 saturated heterocycles. The zero-order chi connectivity index (χ0) is 25.3. The molecular weight excluding hydrogens is 509 g/mol.